The molecule has 1 amide bonds. The van der Waals surface area contributed by atoms with Crippen LogP contribution in [0.1, 0.15) is 12.5 Å². The predicted molar refractivity (Wildman–Crippen MR) is 99.6 cm³/mol. The summed E-state index contributed by atoms with van der Waals surface area (Å²) < 4.78 is 10.6. The highest BCUT2D eigenvalue weighted by atomic mass is 35.5. The number of halogens is 1. The molecule has 0 aliphatic carbocycles. The quantitative estimate of drug-likeness (QED) is 0.773. The molecular weight excluding hydrogens is 340 g/mol. The molecule has 0 aromatic heterocycles. The standard InChI is InChI=1S/C19H17ClN2O3/c1-12-17(10-13-4-9-16(24-2)11-18(13)25-3)19(23)22(21-12)15-7-5-14(20)6-8-15/h4-11H,1-3H3/b17-10-. The van der Waals surface area contributed by atoms with Crippen LogP contribution in [0.3, 0.4) is 0 Å². The Balaban J connectivity index is 1.96. The van der Waals surface area contributed by atoms with Gasteiger partial charge in [0.1, 0.15) is 11.5 Å². The summed E-state index contributed by atoms with van der Waals surface area (Å²) in [6, 6.07) is 12.4. The molecule has 1 heterocycles. The third-order valence-electron chi connectivity index (χ3n) is 3.87. The smallest absolute Gasteiger partial charge is 0.280 e. The number of amides is 1. The summed E-state index contributed by atoms with van der Waals surface area (Å²) in [6.45, 7) is 1.80. The number of benzene rings is 2. The highest BCUT2D eigenvalue weighted by molar-refractivity contribution is 6.32. The van der Waals surface area contributed by atoms with Gasteiger partial charge in [-0.25, -0.2) is 0 Å². The Hall–Kier alpha value is -2.79. The molecule has 0 N–H and O–H groups in total. The number of carbonyl (C=O) groups excluding carboxylic acids is 1. The number of rotatable bonds is 4. The first-order valence-electron chi connectivity index (χ1n) is 7.63. The van der Waals surface area contributed by atoms with Crippen molar-refractivity contribution in [2.24, 2.45) is 5.10 Å². The van der Waals surface area contributed by atoms with E-state index in [0.29, 0.717) is 33.5 Å². The molecule has 0 saturated heterocycles. The lowest BCUT2D eigenvalue weighted by molar-refractivity contribution is -0.114. The number of methoxy groups -OCH3 is 2. The van der Waals surface area contributed by atoms with Gasteiger partial charge in [-0.2, -0.15) is 10.1 Å². The summed E-state index contributed by atoms with van der Waals surface area (Å²) >= 11 is 5.90. The van der Waals surface area contributed by atoms with Gasteiger partial charge < -0.3 is 9.47 Å². The Morgan fingerprint density at radius 2 is 1.80 bits per heavy atom. The monoisotopic (exact) mass is 356 g/mol. The van der Waals surface area contributed by atoms with Crippen molar-refractivity contribution in [3.05, 3.63) is 58.6 Å². The average Bonchev–Trinajstić information content (AvgIpc) is 2.91. The van der Waals surface area contributed by atoms with E-state index in [0.717, 1.165) is 5.56 Å². The lowest BCUT2D eigenvalue weighted by Crippen LogP contribution is -2.21. The zero-order valence-electron chi connectivity index (χ0n) is 14.1. The van der Waals surface area contributed by atoms with E-state index < -0.39 is 0 Å². The number of ether oxygens (including phenoxy) is 2. The van der Waals surface area contributed by atoms with E-state index in [2.05, 4.69) is 5.10 Å². The first-order valence-corrected chi connectivity index (χ1v) is 8.00. The maximum absolute atomic E-state index is 12.8. The van der Waals surface area contributed by atoms with Gasteiger partial charge in [0.05, 0.1) is 31.2 Å². The fraction of sp³-hybridized carbons (Fsp3) is 0.158. The van der Waals surface area contributed by atoms with Crippen LogP contribution in [-0.2, 0) is 4.79 Å². The molecule has 2 aromatic rings. The van der Waals surface area contributed by atoms with E-state index in [4.69, 9.17) is 21.1 Å². The minimum atomic E-state index is -0.197. The summed E-state index contributed by atoms with van der Waals surface area (Å²) in [5, 5.41) is 6.33. The number of carbonyl (C=O) groups is 1. The van der Waals surface area contributed by atoms with Crippen molar-refractivity contribution < 1.29 is 14.3 Å². The number of anilines is 1. The SMILES string of the molecule is COc1ccc(/C=C2\C(=O)N(c3ccc(Cl)cc3)N=C2C)c(OC)c1. The largest absolute Gasteiger partial charge is 0.497 e. The van der Waals surface area contributed by atoms with Gasteiger partial charge in [-0.05, 0) is 49.4 Å². The summed E-state index contributed by atoms with van der Waals surface area (Å²) in [6.07, 6.45) is 1.77. The summed E-state index contributed by atoms with van der Waals surface area (Å²) in [4.78, 5) is 12.8. The molecule has 0 saturated carbocycles. The molecule has 0 fully saturated rings. The van der Waals surface area contributed by atoms with Crippen molar-refractivity contribution in [1.29, 1.82) is 0 Å². The van der Waals surface area contributed by atoms with Gasteiger partial charge in [0, 0.05) is 16.7 Å². The van der Waals surface area contributed by atoms with Crippen LogP contribution < -0.4 is 14.5 Å². The topological polar surface area (TPSA) is 51.1 Å². The third-order valence-corrected chi connectivity index (χ3v) is 4.13. The van der Waals surface area contributed by atoms with Crippen LogP contribution in [0.15, 0.2) is 53.1 Å². The summed E-state index contributed by atoms with van der Waals surface area (Å²) in [5.41, 5.74) is 2.59. The fourth-order valence-electron chi connectivity index (χ4n) is 2.53. The molecule has 1 aliphatic heterocycles. The summed E-state index contributed by atoms with van der Waals surface area (Å²) in [5.74, 6) is 1.11. The van der Waals surface area contributed by atoms with Crippen LogP contribution in [0.25, 0.3) is 6.08 Å². The minimum absolute atomic E-state index is 0.197. The van der Waals surface area contributed by atoms with Crippen molar-refractivity contribution >= 4 is 35.0 Å². The van der Waals surface area contributed by atoms with Gasteiger partial charge in [0.15, 0.2) is 0 Å². The number of hydrogen-bond donors (Lipinski definition) is 0. The van der Waals surface area contributed by atoms with Crippen LogP contribution in [-0.4, -0.2) is 25.8 Å². The van der Waals surface area contributed by atoms with Crippen molar-refractivity contribution in [1.82, 2.24) is 0 Å². The Morgan fingerprint density at radius 1 is 1.08 bits per heavy atom. The zero-order chi connectivity index (χ0) is 18.0. The van der Waals surface area contributed by atoms with E-state index >= 15 is 0 Å². The maximum Gasteiger partial charge on any atom is 0.280 e. The van der Waals surface area contributed by atoms with Gasteiger partial charge in [0.25, 0.3) is 5.91 Å². The highest BCUT2D eigenvalue weighted by Gasteiger charge is 2.29. The second kappa shape index (κ2) is 6.99. The van der Waals surface area contributed by atoms with Crippen LogP contribution in [0.2, 0.25) is 5.02 Å². The van der Waals surface area contributed by atoms with Crippen molar-refractivity contribution in [2.75, 3.05) is 19.2 Å². The average molecular weight is 357 g/mol. The Bertz CT molecular complexity index is 873. The molecule has 0 unspecified atom stereocenters. The molecular formula is C19H17ClN2O3. The van der Waals surface area contributed by atoms with E-state index in [9.17, 15) is 4.79 Å². The maximum atomic E-state index is 12.8. The highest BCUT2D eigenvalue weighted by Crippen LogP contribution is 2.30. The van der Waals surface area contributed by atoms with Gasteiger partial charge in [0.2, 0.25) is 0 Å². The van der Waals surface area contributed by atoms with Crippen LogP contribution in [0.4, 0.5) is 5.69 Å². The fourth-order valence-corrected chi connectivity index (χ4v) is 2.66. The molecule has 0 bridgehead atoms. The molecule has 0 spiro atoms. The lowest BCUT2D eigenvalue weighted by Gasteiger charge is -2.12. The molecule has 25 heavy (non-hydrogen) atoms. The molecule has 2 aromatic carbocycles. The lowest BCUT2D eigenvalue weighted by atomic mass is 10.1. The Kier molecular flexibility index (Phi) is 4.76. The van der Waals surface area contributed by atoms with E-state index in [1.165, 1.54) is 5.01 Å². The summed E-state index contributed by atoms with van der Waals surface area (Å²) in [7, 11) is 3.17. The molecule has 3 rings (SSSR count). The van der Waals surface area contributed by atoms with Crippen molar-refractivity contribution in [2.45, 2.75) is 6.92 Å². The molecule has 0 atom stereocenters. The molecule has 0 radical (unpaired) electrons. The van der Waals surface area contributed by atoms with Gasteiger partial charge in [-0.15, -0.1) is 0 Å². The number of hydrazone groups is 1. The third kappa shape index (κ3) is 3.37. The van der Waals surface area contributed by atoms with E-state index in [1.807, 2.05) is 12.1 Å². The van der Waals surface area contributed by atoms with Crippen molar-refractivity contribution in [3.8, 4) is 11.5 Å². The first kappa shape index (κ1) is 17.0. The van der Waals surface area contributed by atoms with Crippen LogP contribution in [0.5, 0.6) is 11.5 Å². The molecule has 5 nitrogen and oxygen atoms in total. The number of hydrogen-bond acceptors (Lipinski definition) is 4. The van der Waals surface area contributed by atoms with Crippen molar-refractivity contribution in [3.63, 3.8) is 0 Å². The van der Waals surface area contributed by atoms with E-state index in [1.54, 1.807) is 57.6 Å². The molecule has 6 heteroatoms. The zero-order valence-corrected chi connectivity index (χ0v) is 14.9. The molecule has 128 valence electrons. The van der Waals surface area contributed by atoms with E-state index in [-0.39, 0.29) is 5.91 Å². The second-order valence-corrected chi connectivity index (χ2v) is 5.88. The van der Waals surface area contributed by atoms with Gasteiger partial charge >= 0.3 is 0 Å². The van der Waals surface area contributed by atoms with Crippen LogP contribution in [0, 0.1) is 0 Å². The van der Waals surface area contributed by atoms with Gasteiger partial charge in [-0.1, -0.05) is 11.6 Å². The molecule has 1 aliphatic rings. The predicted octanol–water partition coefficient (Wildman–Crippen LogP) is 4.16. The second-order valence-electron chi connectivity index (χ2n) is 5.44. The normalized spacial score (nSPS) is 15.5. The van der Waals surface area contributed by atoms with Crippen LogP contribution >= 0.6 is 11.6 Å². The minimum Gasteiger partial charge on any atom is -0.497 e. The Morgan fingerprint density at radius 3 is 2.44 bits per heavy atom. The number of nitrogens with zero attached hydrogens (tertiary/aromatic N) is 2. The van der Waals surface area contributed by atoms with Gasteiger partial charge in [-0.3, -0.25) is 4.79 Å². The Labute approximate surface area is 151 Å². The first-order chi connectivity index (χ1) is 12.0.